The quantitative estimate of drug-likeness (QED) is 0.515. The van der Waals surface area contributed by atoms with Gasteiger partial charge in [0, 0.05) is 0 Å². The lowest BCUT2D eigenvalue weighted by Gasteiger charge is -2.40. The van der Waals surface area contributed by atoms with E-state index in [1.54, 1.807) is 21.9 Å². The Balaban J connectivity index is 2.28. The van der Waals surface area contributed by atoms with E-state index in [4.69, 9.17) is 0 Å². The van der Waals surface area contributed by atoms with Crippen molar-refractivity contribution < 1.29 is 0 Å². The fourth-order valence-corrected chi connectivity index (χ4v) is 7.64. The molecule has 0 N–H and O–H groups in total. The topological polar surface area (TPSA) is 0 Å². The Labute approximate surface area is 129 Å². The van der Waals surface area contributed by atoms with Gasteiger partial charge >= 0.3 is 0 Å². The Morgan fingerprint density at radius 1 is 0.550 bits per heavy atom. The molecule has 0 saturated heterocycles. The summed E-state index contributed by atoms with van der Waals surface area (Å²) in [5.74, 6) is -0.752. The molecule has 20 heavy (non-hydrogen) atoms. The van der Waals surface area contributed by atoms with Gasteiger partial charge < -0.3 is 0 Å². The first kappa shape index (κ1) is 14.2. The third-order valence-corrected chi connectivity index (χ3v) is 8.33. The summed E-state index contributed by atoms with van der Waals surface area (Å²) in [6.45, 7) is 0. The summed E-state index contributed by atoms with van der Waals surface area (Å²) in [5.41, 5.74) is 6.72. The van der Waals surface area contributed by atoms with Crippen molar-refractivity contribution in [3.63, 3.8) is 0 Å². The number of fused-ring (bicyclic) bond motifs is 2. The van der Waals surface area contributed by atoms with Gasteiger partial charge in [-0.05, 0) is 0 Å². The molecule has 0 unspecified atom stereocenters. The molecule has 0 atom stereocenters. The van der Waals surface area contributed by atoms with Crippen molar-refractivity contribution in [1.29, 1.82) is 0 Å². The molecule has 0 saturated carbocycles. The van der Waals surface area contributed by atoms with E-state index in [0.717, 1.165) is 0 Å². The summed E-state index contributed by atoms with van der Waals surface area (Å²) in [6.07, 6.45) is 9.67. The van der Waals surface area contributed by atoms with Crippen LogP contribution in [0.5, 0.6) is 0 Å². The van der Waals surface area contributed by atoms with Crippen LogP contribution in [-0.2, 0) is 21.5 Å². The molecule has 104 valence electrons. The molecule has 0 aliphatic carbocycles. The van der Waals surface area contributed by atoms with Crippen LogP contribution in [0.15, 0.2) is 48.5 Å². The Morgan fingerprint density at radius 3 is 1.00 bits per heavy atom. The van der Waals surface area contributed by atoms with E-state index < -0.39 is 0 Å². The van der Waals surface area contributed by atoms with Crippen LogP contribution in [0.1, 0.15) is 0 Å². The zero-order valence-electron chi connectivity index (χ0n) is 12.8. The average Bonchev–Trinajstić information content (AvgIpc) is 2.43. The zero-order valence-corrected chi connectivity index (χ0v) is 14.5. The normalized spacial score (nSPS) is 20.9. The lowest BCUT2D eigenvalue weighted by molar-refractivity contribution is 1.76. The van der Waals surface area contributed by atoms with Crippen molar-refractivity contribution in [3.8, 4) is 0 Å². The maximum absolute atomic E-state index is 2.42. The second-order valence-corrected chi connectivity index (χ2v) is 11.5. The Hall–Kier alpha value is -0.730. The molecule has 2 aromatic carbocycles. The molecule has 0 amide bonds. The lowest BCUT2D eigenvalue weighted by Crippen LogP contribution is -2.72. The van der Waals surface area contributed by atoms with Crippen LogP contribution in [0.4, 0.5) is 0 Å². The van der Waals surface area contributed by atoms with Gasteiger partial charge in [-0.25, -0.2) is 21.5 Å². The lowest BCUT2D eigenvalue weighted by atomic mass is 9.42. The summed E-state index contributed by atoms with van der Waals surface area (Å²) >= 11 is 0. The van der Waals surface area contributed by atoms with Crippen molar-refractivity contribution in [2.75, 3.05) is 25.0 Å². The number of benzene rings is 2. The third-order valence-electron chi connectivity index (χ3n) is 4.78. The predicted octanol–water partition coefficient (Wildman–Crippen LogP) is -0.568. The minimum absolute atomic E-state index is 0.376. The van der Waals surface area contributed by atoms with Crippen molar-refractivity contribution >= 4 is 55.3 Å². The number of hydrogen-bond donors (Lipinski definition) is 0. The van der Waals surface area contributed by atoms with E-state index in [1.165, 1.54) is 0 Å². The van der Waals surface area contributed by atoms with Gasteiger partial charge in [0.15, 0.2) is 0 Å². The largest absolute Gasteiger partial charge is 0.258 e. The highest BCUT2D eigenvalue weighted by Crippen LogP contribution is 2.07. The van der Waals surface area contributed by atoms with Crippen molar-refractivity contribution in [3.05, 3.63) is 48.5 Å². The molecule has 0 nitrogen and oxygen atoms in total. The maximum Gasteiger partial charge on any atom is 0.258 e. The van der Waals surface area contributed by atoms with E-state index in [1.807, 2.05) is 0 Å². The van der Waals surface area contributed by atoms with Gasteiger partial charge in [-0.1, -0.05) is 48.5 Å². The Bertz CT molecular complexity index is 524. The first-order chi connectivity index (χ1) is 9.61. The van der Waals surface area contributed by atoms with E-state index in [2.05, 4.69) is 73.6 Å². The fraction of sp³-hybridized carbons (Fsp3) is 0.250. The number of rotatable bonds is 2. The molecule has 2 aromatic rings. The van der Waals surface area contributed by atoms with Crippen molar-refractivity contribution in [1.82, 2.24) is 0 Å². The van der Waals surface area contributed by atoms with Crippen LogP contribution in [0, 0.1) is 0 Å². The van der Waals surface area contributed by atoms with Crippen molar-refractivity contribution in [2.45, 2.75) is 0 Å². The minimum atomic E-state index is -0.376. The van der Waals surface area contributed by atoms with Crippen molar-refractivity contribution in [2.24, 2.45) is 0 Å². The molecular weight excluding hydrogens is 278 g/mol. The molecule has 1 aliphatic heterocycles. The zero-order chi connectivity index (χ0) is 14.3. The van der Waals surface area contributed by atoms with Gasteiger partial charge in [0.1, 0.15) is 0 Å². The standard InChI is InChI=1S/C16H22B2S2/c1-19(2)17-13-9-5-7-11-15(13)18(20(3)4)16-12-8-6-10-14(16)17/h5-12,17-18H,1-4H3. The highest BCUT2D eigenvalue weighted by molar-refractivity contribution is 8.26. The molecule has 0 spiro atoms. The first-order valence-electron chi connectivity index (χ1n) is 7.28. The summed E-state index contributed by atoms with van der Waals surface area (Å²) in [6, 6.07) is 18.6. The van der Waals surface area contributed by atoms with E-state index in [9.17, 15) is 0 Å². The SMILES string of the molecule is C[S+](C)[BH-]1c2ccccc2[BH-]([S+](C)C)c2ccccc21. The molecule has 0 aromatic heterocycles. The van der Waals surface area contributed by atoms with Crippen LogP contribution in [0.3, 0.4) is 0 Å². The van der Waals surface area contributed by atoms with Crippen LogP contribution < -0.4 is 21.9 Å². The van der Waals surface area contributed by atoms with Crippen LogP contribution in [-0.4, -0.2) is 37.0 Å². The molecule has 1 aliphatic rings. The molecule has 0 fully saturated rings. The second kappa shape index (κ2) is 5.57. The molecule has 0 radical (unpaired) electrons. The second-order valence-electron chi connectivity index (χ2n) is 6.44. The predicted molar refractivity (Wildman–Crippen MR) is 104 cm³/mol. The van der Waals surface area contributed by atoms with Crippen LogP contribution >= 0.6 is 0 Å². The summed E-state index contributed by atoms with van der Waals surface area (Å²) < 4.78 is 0. The van der Waals surface area contributed by atoms with E-state index in [0.29, 0.717) is 21.5 Å². The van der Waals surface area contributed by atoms with Gasteiger partial charge in [-0.3, -0.25) is 0 Å². The average molecular weight is 300 g/mol. The maximum atomic E-state index is 2.42. The van der Waals surface area contributed by atoms with E-state index >= 15 is 0 Å². The van der Waals surface area contributed by atoms with Gasteiger partial charge in [0.2, 0.25) is 0 Å². The summed E-state index contributed by atoms with van der Waals surface area (Å²) in [7, 11) is 0.894. The van der Waals surface area contributed by atoms with Crippen LogP contribution in [0.2, 0.25) is 0 Å². The Morgan fingerprint density at radius 2 is 0.800 bits per heavy atom. The van der Waals surface area contributed by atoms with Gasteiger partial charge in [0.05, 0.1) is 25.0 Å². The summed E-state index contributed by atoms with van der Waals surface area (Å²) in [4.78, 5) is 0. The molecule has 4 heteroatoms. The molecular formula is C16H22B2S2. The minimum Gasteiger partial charge on any atom is -0.224 e. The first-order valence-corrected chi connectivity index (χ1v) is 11.7. The smallest absolute Gasteiger partial charge is 0.224 e. The Kier molecular flexibility index (Phi) is 3.96. The third kappa shape index (κ3) is 2.23. The monoisotopic (exact) mass is 300 g/mol. The van der Waals surface area contributed by atoms with E-state index in [-0.39, 0.29) is 12.0 Å². The summed E-state index contributed by atoms with van der Waals surface area (Å²) in [5, 5.41) is 0. The van der Waals surface area contributed by atoms with Gasteiger partial charge in [-0.2, -0.15) is 21.9 Å². The number of hydrogen-bond acceptors (Lipinski definition) is 0. The molecule has 0 bridgehead atoms. The van der Waals surface area contributed by atoms with Gasteiger partial charge in [0.25, 0.3) is 12.0 Å². The van der Waals surface area contributed by atoms with Crippen LogP contribution in [0.25, 0.3) is 0 Å². The fourth-order valence-electron chi connectivity index (χ4n) is 4.02. The molecule has 3 rings (SSSR count). The van der Waals surface area contributed by atoms with Gasteiger partial charge in [-0.15, -0.1) is 0 Å². The highest BCUT2D eigenvalue weighted by Gasteiger charge is 2.34. The molecule has 1 heterocycles. The highest BCUT2D eigenvalue weighted by atomic mass is 32.2.